The monoisotopic (exact) mass is 240 g/mol. The second-order valence-corrected chi connectivity index (χ2v) is 4.14. The van der Waals surface area contributed by atoms with Gasteiger partial charge in [-0.05, 0) is 18.2 Å². The molecule has 4 nitrogen and oxygen atoms in total. The van der Waals surface area contributed by atoms with Gasteiger partial charge in [-0.3, -0.25) is 0 Å². The molecule has 0 spiro atoms. The highest BCUT2D eigenvalue weighted by Crippen LogP contribution is 2.37. The van der Waals surface area contributed by atoms with Gasteiger partial charge in [-0.15, -0.1) is 0 Å². The van der Waals surface area contributed by atoms with Crippen LogP contribution in [0.15, 0.2) is 45.6 Å². The van der Waals surface area contributed by atoms with Gasteiger partial charge in [0.2, 0.25) is 6.79 Å². The molecule has 0 saturated carbocycles. The topological polar surface area (TPSA) is 48.7 Å². The van der Waals surface area contributed by atoms with Gasteiger partial charge in [0, 0.05) is 10.8 Å². The van der Waals surface area contributed by atoms with Crippen molar-refractivity contribution in [2.24, 2.45) is 0 Å². The lowest BCUT2D eigenvalue weighted by Gasteiger charge is -2.03. The van der Waals surface area contributed by atoms with Crippen LogP contribution in [0.1, 0.15) is 0 Å². The van der Waals surface area contributed by atoms with E-state index in [9.17, 15) is 4.79 Å². The van der Waals surface area contributed by atoms with E-state index >= 15 is 0 Å². The Morgan fingerprint density at radius 2 is 1.61 bits per heavy atom. The van der Waals surface area contributed by atoms with Crippen LogP contribution in [0.5, 0.6) is 11.5 Å². The van der Waals surface area contributed by atoms with Crippen LogP contribution in [0.25, 0.3) is 21.7 Å². The molecular weight excluding hydrogens is 232 g/mol. The summed E-state index contributed by atoms with van der Waals surface area (Å²) in [5, 5.41) is 2.23. The molecule has 0 bridgehead atoms. The van der Waals surface area contributed by atoms with E-state index in [4.69, 9.17) is 13.9 Å². The minimum absolute atomic E-state index is 0.189. The Balaban J connectivity index is 2.26. The van der Waals surface area contributed by atoms with Crippen LogP contribution in [0.2, 0.25) is 0 Å². The third-order valence-corrected chi connectivity index (χ3v) is 3.11. The maximum Gasteiger partial charge on any atom is 0.344 e. The number of hydrogen-bond acceptors (Lipinski definition) is 4. The molecule has 0 fully saturated rings. The van der Waals surface area contributed by atoms with Crippen molar-refractivity contribution in [3.63, 3.8) is 0 Å². The molecule has 88 valence electrons. The lowest BCUT2D eigenvalue weighted by molar-refractivity contribution is 0.174. The standard InChI is InChI=1S/C14H8O4/c15-14-10-6-13-12(16-7-17-13)5-9(10)8-3-1-2-4-11(8)18-14/h1-6H,7H2. The number of ether oxygens (including phenoxy) is 2. The van der Waals surface area contributed by atoms with Crippen LogP contribution in [0, 0.1) is 0 Å². The SMILES string of the molecule is O=c1oc2ccccc2c2cc3c(cc12)OCO3. The predicted molar refractivity (Wildman–Crippen MR) is 66.1 cm³/mol. The van der Waals surface area contributed by atoms with Crippen LogP contribution in [-0.4, -0.2) is 6.79 Å². The van der Waals surface area contributed by atoms with Crippen LogP contribution >= 0.6 is 0 Å². The summed E-state index contributed by atoms with van der Waals surface area (Å²) in [6.45, 7) is 0.189. The van der Waals surface area contributed by atoms with Gasteiger partial charge in [-0.25, -0.2) is 4.79 Å². The number of hydrogen-bond donors (Lipinski definition) is 0. The van der Waals surface area contributed by atoms with E-state index in [1.54, 1.807) is 12.1 Å². The molecule has 4 heteroatoms. The van der Waals surface area contributed by atoms with Crippen LogP contribution in [-0.2, 0) is 0 Å². The lowest BCUT2D eigenvalue weighted by Crippen LogP contribution is -1.99. The smallest absolute Gasteiger partial charge is 0.344 e. The van der Waals surface area contributed by atoms with Crippen molar-refractivity contribution in [2.75, 3.05) is 6.79 Å². The van der Waals surface area contributed by atoms with Gasteiger partial charge in [0.1, 0.15) is 5.58 Å². The molecule has 18 heavy (non-hydrogen) atoms. The van der Waals surface area contributed by atoms with Crippen molar-refractivity contribution < 1.29 is 13.9 Å². The zero-order chi connectivity index (χ0) is 12.1. The average Bonchev–Trinajstić information content (AvgIpc) is 2.84. The van der Waals surface area contributed by atoms with Crippen molar-refractivity contribution in [1.29, 1.82) is 0 Å². The Morgan fingerprint density at radius 3 is 2.44 bits per heavy atom. The normalized spacial score (nSPS) is 13.3. The van der Waals surface area contributed by atoms with Crippen LogP contribution < -0.4 is 15.1 Å². The van der Waals surface area contributed by atoms with E-state index in [-0.39, 0.29) is 12.4 Å². The van der Waals surface area contributed by atoms with E-state index < -0.39 is 0 Å². The lowest BCUT2D eigenvalue weighted by atomic mass is 10.1. The fourth-order valence-corrected chi connectivity index (χ4v) is 2.27. The third kappa shape index (κ3) is 1.17. The Labute approximate surface area is 101 Å². The van der Waals surface area contributed by atoms with Crippen molar-refractivity contribution in [3.8, 4) is 11.5 Å². The Bertz CT molecular complexity index is 832. The van der Waals surface area contributed by atoms with Crippen molar-refractivity contribution in [1.82, 2.24) is 0 Å². The molecule has 0 amide bonds. The highest BCUT2D eigenvalue weighted by atomic mass is 16.7. The molecule has 1 aliphatic heterocycles. The largest absolute Gasteiger partial charge is 0.454 e. The molecule has 2 heterocycles. The van der Waals surface area contributed by atoms with E-state index in [0.29, 0.717) is 22.5 Å². The van der Waals surface area contributed by atoms with Gasteiger partial charge >= 0.3 is 5.63 Å². The number of rotatable bonds is 0. The maximum atomic E-state index is 11.9. The second kappa shape index (κ2) is 3.26. The van der Waals surface area contributed by atoms with E-state index in [0.717, 1.165) is 10.8 Å². The van der Waals surface area contributed by atoms with Gasteiger partial charge in [-0.1, -0.05) is 18.2 Å². The highest BCUT2D eigenvalue weighted by Gasteiger charge is 2.17. The van der Waals surface area contributed by atoms with Gasteiger partial charge in [-0.2, -0.15) is 0 Å². The molecule has 1 aliphatic rings. The van der Waals surface area contributed by atoms with Gasteiger partial charge < -0.3 is 13.9 Å². The molecule has 0 atom stereocenters. The number of benzene rings is 2. The van der Waals surface area contributed by atoms with Crippen molar-refractivity contribution in [2.45, 2.75) is 0 Å². The summed E-state index contributed by atoms with van der Waals surface area (Å²) < 4.78 is 15.9. The maximum absolute atomic E-state index is 11.9. The van der Waals surface area contributed by atoms with Crippen molar-refractivity contribution in [3.05, 3.63) is 46.8 Å². The second-order valence-electron chi connectivity index (χ2n) is 4.14. The average molecular weight is 240 g/mol. The Morgan fingerprint density at radius 1 is 0.889 bits per heavy atom. The molecular formula is C14H8O4. The zero-order valence-corrected chi connectivity index (χ0v) is 9.30. The van der Waals surface area contributed by atoms with Gasteiger partial charge in [0.15, 0.2) is 11.5 Å². The van der Waals surface area contributed by atoms with Gasteiger partial charge in [0.05, 0.1) is 5.39 Å². The molecule has 0 N–H and O–H groups in total. The zero-order valence-electron chi connectivity index (χ0n) is 9.30. The van der Waals surface area contributed by atoms with Crippen LogP contribution in [0.4, 0.5) is 0 Å². The fraction of sp³-hybridized carbons (Fsp3) is 0.0714. The third-order valence-electron chi connectivity index (χ3n) is 3.11. The Hall–Kier alpha value is -2.49. The van der Waals surface area contributed by atoms with E-state index in [1.807, 2.05) is 24.3 Å². The first kappa shape index (κ1) is 9.53. The molecule has 3 aromatic rings. The predicted octanol–water partition coefficient (Wildman–Crippen LogP) is 2.67. The molecule has 4 rings (SSSR count). The minimum Gasteiger partial charge on any atom is -0.454 e. The summed E-state index contributed by atoms with van der Waals surface area (Å²) in [5.74, 6) is 1.25. The fourth-order valence-electron chi connectivity index (χ4n) is 2.27. The van der Waals surface area contributed by atoms with E-state index in [2.05, 4.69) is 0 Å². The minimum atomic E-state index is -0.359. The highest BCUT2D eigenvalue weighted by molar-refractivity contribution is 6.05. The van der Waals surface area contributed by atoms with Gasteiger partial charge in [0.25, 0.3) is 0 Å². The number of para-hydroxylation sites is 1. The summed E-state index contributed by atoms with van der Waals surface area (Å²) in [5.41, 5.74) is 0.218. The summed E-state index contributed by atoms with van der Waals surface area (Å²) in [7, 11) is 0. The molecule has 0 unspecified atom stereocenters. The van der Waals surface area contributed by atoms with Crippen LogP contribution in [0.3, 0.4) is 0 Å². The first-order valence-corrected chi connectivity index (χ1v) is 5.58. The Kier molecular flexibility index (Phi) is 1.73. The first-order valence-electron chi connectivity index (χ1n) is 5.58. The molecule has 0 radical (unpaired) electrons. The molecule has 1 aromatic heterocycles. The summed E-state index contributed by atoms with van der Waals surface area (Å²) in [6, 6.07) is 11.0. The quantitative estimate of drug-likeness (QED) is 0.447. The summed E-state index contributed by atoms with van der Waals surface area (Å²) in [6.07, 6.45) is 0. The molecule has 0 aliphatic carbocycles. The first-order chi connectivity index (χ1) is 8.83. The van der Waals surface area contributed by atoms with Crippen molar-refractivity contribution >= 4 is 21.7 Å². The summed E-state index contributed by atoms with van der Waals surface area (Å²) >= 11 is 0. The molecule has 0 saturated heterocycles. The summed E-state index contributed by atoms with van der Waals surface area (Å²) in [4.78, 5) is 11.9. The van der Waals surface area contributed by atoms with E-state index in [1.165, 1.54) is 0 Å². The number of fused-ring (bicyclic) bond motifs is 4. The molecule has 2 aromatic carbocycles.